The summed E-state index contributed by atoms with van der Waals surface area (Å²) in [4.78, 5) is 28.8. The minimum Gasteiger partial charge on any atom is -0.547 e. The van der Waals surface area contributed by atoms with Gasteiger partial charge in [-0.2, -0.15) is 5.10 Å². The molecule has 172 valence electrons. The van der Waals surface area contributed by atoms with Crippen molar-refractivity contribution in [2.75, 3.05) is 13.2 Å². The van der Waals surface area contributed by atoms with Gasteiger partial charge in [0.2, 0.25) is 0 Å². The third kappa shape index (κ3) is 5.16. The van der Waals surface area contributed by atoms with E-state index in [9.17, 15) is 14.7 Å². The summed E-state index contributed by atoms with van der Waals surface area (Å²) in [6.07, 6.45) is 0.957. The van der Waals surface area contributed by atoms with Crippen molar-refractivity contribution in [2.45, 2.75) is 52.7 Å². The van der Waals surface area contributed by atoms with Gasteiger partial charge >= 0.3 is 0 Å². The van der Waals surface area contributed by atoms with Gasteiger partial charge in [-0.25, -0.2) is 4.98 Å². The molecule has 3 rings (SSSR count). The lowest BCUT2D eigenvalue weighted by molar-refractivity contribution is -0.316. The van der Waals surface area contributed by atoms with Crippen LogP contribution in [-0.4, -0.2) is 44.6 Å². The topological polar surface area (TPSA) is 111 Å². The number of hydrogen-bond acceptors (Lipinski definition) is 7. The molecule has 32 heavy (non-hydrogen) atoms. The highest BCUT2D eigenvalue weighted by Crippen LogP contribution is 2.16. The average Bonchev–Trinajstić information content (AvgIpc) is 3.06. The van der Waals surface area contributed by atoms with E-state index in [1.165, 1.54) is 0 Å². The summed E-state index contributed by atoms with van der Waals surface area (Å²) in [5, 5.41) is 15.6. The average molecular weight is 442 g/mol. The molecule has 0 saturated carbocycles. The molecule has 0 N–H and O–H groups in total. The number of hydrogen-bond donors (Lipinski definition) is 0. The standard InChI is InChI=1S/C23H30N4O5/c1-5-7-18-20-21(26(4)25-18)22(28)27(15(3)24-20)12-13-32-17-10-8-16(9-11-17)14-19(23(29)30)31-6-2/h8-11,19H,5-7,12-14H2,1-4H3,(H,29,30)/p-1/t19-/m0/s1. The number of ether oxygens (including phenoxy) is 2. The van der Waals surface area contributed by atoms with Crippen LogP contribution < -0.4 is 15.4 Å². The van der Waals surface area contributed by atoms with Gasteiger partial charge in [0.05, 0.1) is 18.2 Å². The fourth-order valence-electron chi connectivity index (χ4n) is 3.69. The van der Waals surface area contributed by atoms with E-state index in [0.29, 0.717) is 35.8 Å². The van der Waals surface area contributed by atoms with Crippen LogP contribution in [0.1, 0.15) is 37.4 Å². The number of fused-ring (bicyclic) bond motifs is 1. The van der Waals surface area contributed by atoms with Crippen LogP contribution in [-0.2, 0) is 36.0 Å². The summed E-state index contributed by atoms with van der Waals surface area (Å²) < 4.78 is 14.2. The van der Waals surface area contributed by atoms with Crippen LogP contribution in [0.5, 0.6) is 5.75 Å². The molecule has 2 heterocycles. The first-order valence-corrected chi connectivity index (χ1v) is 10.8. The van der Waals surface area contributed by atoms with Crippen LogP contribution in [0, 0.1) is 6.92 Å². The fraction of sp³-hybridized carbons (Fsp3) is 0.478. The van der Waals surface area contributed by atoms with Gasteiger partial charge in [0.15, 0.2) is 5.52 Å². The van der Waals surface area contributed by atoms with Crippen LogP contribution in [0.3, 0.4) is 0 Å². The Morgan fingerprint density at radius 1 is 1.22 bits per heavy atom. The Labute approximate surface area is 186 Å². The third-order valence-corrected chi connectivity index (χ3v) is 5.25. The van der Waals surface area contributed by atoms with Crippen LogP contribution >= 0.6 is 0 Å². The molecule has 9 heteroatoms. The normalized spacial score (nSPS) is 12.2. The number of rotatable bonds is 11. The third-order valence-electron chi connectivity index (χ3n) is 5.25. The first-order valence-electron chi connectivity index (χ1n) is 10.8. The lowest BCUT2D eigenvalue weighted by Gasteiger charge is -2.18. The first kappa shape index (κ1) is 23.5. The van der Waals surface area contributed by atoms with E-state index in [1.807, 2.05) is 6.92 Å². The predicted octanol–water partition coefficient (Wildman–Crippen LogP) is 1.17. The van der Waals surface area contributed by atoms with Crippen molar-refractivity contribution in [3.8, 4) is 5.75 Å². The summed E-state index contributed by atoms with van der Waals surface area (Å²) in [5.74, 6) is 0.0190. The molecule has 2 aromatic heterocycles. The van der Waals surface area contributed by atoms with E-state index >= 15 is 0 Å². The zero-order chi connectivity index (χ0) is 23.3. The van der Waals surface area contributed by atoms with Crippen molar-refractivity contribution < 1.29 is 19.4 Å². The van der Waals surface area contributed by atoms with E-state index in [1.54, 1.807) is 47.5 Å². The molecule has 0 saturated heterocycles. The van der Waals surface area contributed by atoms with E-state index in [0.717, 1.165) is 24.1 Å². The number of aliphatic carboxylic acids is 1. The second-order valence-electron chi connectivity index (χ2n) is 7.59. The van der Waals surface area contributed by atoms with Crippen molar-refractivity contribution in [3.05, 3.63) is 51.7 Å². The van der Waals surface area contributed by atoms with E-state index in [2.05, 4.69) is 17.0 Å². The Balaban J connectivity index is 1.67. The number of carbonyl (C=O) groups is 1. The number of benzene rings is 1. The Bertz CT molecular complexity index is 1130. The molecule has 0 aliphatic carbocycles. The molecule has 0 bridgehead atoms. The highest BCUT2D eigenvalue weighted by Gasteiger charge is 2.17. The van der Waals surface area contributed by atoms with Gasteiger partial charge in [-0.3, -0.25) is 14.0 Å². The van der Waals surface area contributed by atoms with Gasteiger partial charge in [0.1, 0.15) is 29.8 Å². The minimum absolute atomic E-state index is 0.131. The Morgan fingerprint density at radius 2 is 1.94 bits per heavy atom. The van der Waals surface area contributed by atoms with Crippen molar-refractivity contribution in [1.82, 2.24) is 19.3 Å². The molecule has 0 aliphatic heterocycles. The van der Waals surface area contributed by atoms with Crippen molar-refractivity contribution in [1.29, 1.82) is 0 Å². The molecule has 0 aliphatic rings. The summed E-state index contributed by atoms with van der Waals surface area (Å²) in [7, 11) is 1.76. The molecule has 0 spiro atoms. The zero-order valence-corrected chi connectivity index (χ0v) is 19.0. The summed E-state index contributed by atoms with van der Waals surface area (Å²) in [5.41, 5.74) is 2.69. The highest BCUT2D eigenvalue weighted by atomic mass is 16.5. The summed E-state index contributed by atoms with van der Waals surface area (Å²) >= 11 is 0. The van der Waals surface area contributed by atoms with Crippen LogP contribution in [0.4, 0.5) is 0 Å². The lowest BCUT2D eigenvalue weighted by atomic mass is 10.1. The molecule has 1 atom stereocenters. The lowest BCUT2D eigenvalue weighted by Crippen LogP contribution is -2.39. The number of carboxylic acids is 1. The molecule has 0 radical (unpaired) electrons. The van der Waals surface area contributed by atoms with E-state index in [-0.39, 0.29) is 18.6 Å². The van der Waals surface area contributed by atoms with Crippen LogP contribution in [0.25, 0.3) is 11.0 Å². The monoisotopic (exact) mass is 441 g/mol. The van der Waals surface area contributed by atoms with Gasteiger partial charge in [-0.1, -0.05) is 25.5 Å². The molecular formula is C23H29N4O5-. The number of aromatic nitrogens is 4. The van der Waals surface area contributed by atoms with Crippen molar-refractivity contribution >= 4 is 17.0 Å². The van der Waals surface area contributed by atoms with Gasteiger partial charge in [0, 0.05) is 20.1 Å². The summed E-state index contributed by atoms with van der Waals surface area (Å²) in [6.45, 7) is 6.56. The molecule has 0 amide bonds. The van der Waals surface area contributed by atoms with E-state index in [4.69, 9.17) is 9.47 Å². The van der Waals surface area contributed by atoms with Crippen LogP contribution in [0.2, 0.25) is 0 Å². The smallest absolute Gasteiger partial charge is 0.279 e. The molecule has 9 nitrogen and oxygen atoms in total. The second kappa shape index (κ2) is 10.4. The minimum atomic E-state index is -1.23. The van der Waals surface area contributed by atoms with Gasteiger partial charge < -0.3 is 19.4 Å². The Morgan fingerprint density at radius 3 is 2.56 bits per heavy atom. The molecule has 3 aromatic rings. The maximum absolute atomic E-state index is 13.0. The zero-order valence-electron chi connectivity index (χ0n) is 19.0. The Kier molecular flexibility index (Phi) is 7.63. The fourth-order valence-corrected chi connectivity index (χ4v) is 3.69. The van der Waals surface area contributed by atoms with Crippen molar-refractivity contribution in [3.63, 3.8) is 0 Å². The Hall–Kier alpha value is -3.20. The largest absolute Gasteiger partial charge is 0.547 e. The molecule has 0 fully saturated rings. The van der Waals surface area contributed by atoms with Gasteiger partial charge in [-0.15, -0.1) is 0 Å². The number of carboxylic acid groups (broad SMARTS) is 1. The van der Waals surface area contributed by atoms with E-state index < -0.39 is 12.1 Å². The quantitative estimate of drug-likeness (QED) is 0.439. The highest BCUT2D eigenvalue weighted by molar-refractivity contribution is 5.76. The van der Waals surface area contributed by atoms with Gasteiger partial charge in [0.25, 0.3) is 5.56 Å². The number of aryl methyl sites for hydroxylation is 3. The molecule has 0 unspecified atom stereocenters. The van der Waals surface area contributed by atoms with Crippen LogP contribution in [0.15, 0.2) is 29.1 Å². The second-order valence-corrected chi connectivity index (χ2v) is 7.59. The molecule has 1 aromatic carbocycles. The molecular weight excluding hydrogens is 412 g/mol. The van der Waals surface area contributed by atoms with Gasteiger partial charge in [-0.05, 0) is 38.0 Å². The first-order chi connectivity index (χ1) is 15.3. The predicted molar refractivity (Wildman–Crippen MR) is 118 cm³/mol. The SMILES string of the molecule is CCCc1nn(C)c2c(=O)n(CCOc3ccc(C[C@H](OCC)C(=O)[O-])cc3)c(C)nc12. The maximum atomic E-state index is 13.0. The number of carbonyl (C=O) groups excluding carboxylic acids is 1. The number of nitrogens with zero attached hydrogens (tertiary/aromatic N) is 4. The van der Waals surface area contributed by atoms with Crippen molar-refractivity contribution in [2.24, 2.45) is 7.05 Å². The maximum Gasteiger partial charge on any atom is 0.279 e. The summed E-state index contributed by atoms with van der Waals surface area (Å²) in [6, 6.07) is 7.12.